The molecule has 0 spiro atoms. The highest BCUT2D eigenvalue weighted by molar-refractivity contribution is 7.89. The second kappa shape index (κ2) is 5.96. The van der Waals surface area contributed by atoms with Crippen LogP contribution in [0.4, 0.5) is 5.69 Å². The van der Waals surface area contributed by atoms with Crippen molar-refractivity contribution in [2.45, 2.75) is 23.8 Å². The van der Waals surface area contributed by atoms with Crippen LogP contribution < -0.4 is 4.74 Å². The molecule has 1 aliphatic rings. The van der Waals surface area contributed by atoms with Crippen LogP contribution in [-0.2, 0) is 10.0 Å². The summed E-state index contributed by atoms with van der Waals surface area (Å²) in [7, 11) is -2.60. The maximum Gasteiger partial charge on any atom is 0.273 e. The predicted octanol–water partition coefficient (Wildman–Crippen LogP) is 0.749. The molecule has 0 atom stereocenters. The second-order valence-corrected chi connectivity index (χ2v) is 6.52. The fraction of sp³-hybridized carbons (Fsp3) is 0.500. The summed E-state index contributed by atoms with van der Waals surface area (Å²) in [6.07, 6.45) is 1.49. The number of non-ortho nitro benzene ring substituents is 1. The lowest BCUT2D eigenvalue weighted by Crippen LogP contribution is -2.35. The molecule has 0 saturated heterocycles. The average molecular weight is 316 g/mol. The molecule has 21 heavy (non-hydrogen) atoms. The van der Waals surface area contributed by atoms with Crippen molar-refractivity contribution >= 4 is 15.7 Å². The van der Waals surface area contributed by atoms with Crippen molar-refractivity contribution in [3.05, 3.63) is 28.3 Å². The maximum atomic E-state index is 12.6. The SMILES string of the molecule is COc1cc([N+](=O)[O-])ccc1S(=O)(=O)N(CCO)C1CC1. The lowest BCUT2D eigenvalue weighted by atomic mass is 10.3. The van der Waals surface area contributed by atoms with E-state index in [9.17, 15) is 18.5 Å². The van der Waals surface area contributed by atoms with Crippen molar-refractivity contribution in [3.8, 4) is 5.75 Å². The number of aliphatic hydroxyl groups excluding tert-OH is 1. The first-order valence-corrected chi connectivity index (χ1v) is 7.81. The summed E-state index contributed by atoms with van der Waals surface area (Å²) in [5, 5.41) is 19.8. The van der Waals surface area contributed by atoms with Gasteiger partial charge in [-0.2, -0.15) is 4.31 Å². The molecule has 0 aromatic heterocycles. The number of ether oxygens (including phenoxy) is 1. The number of aliphatic hydroxyl groups is 1. The summed E-state index contributed by atoms with van der Waals surface area (Å²) in [5.74, 6) is -0.0761. The van der Waals surface area contributed by atoms with Crippen molar-refractivity contribution in [3.63, 3.8) is 0 Å². The van der Waals surface area contributed by atoms with Gasteiger partial charge in [0.2, 0.25) is 10.0 Å². The molecule has 0 radical (unpaired) electrons. The lowest BCUT2D eigenvalue weighted by Gasteiger charge is -2.21. The number of methoxy groups -OCH3 is 1. The molecule has 0 aliphatic heterocycles. The molecule has 8 nitrogen and oxygen atoms in total. The molecule has 9 heteroatoms. The van der Waals surface area contributed by atoms with E-state index in [2.05, 4.69) is 0 Å². The Bertz CT molecular complexity index is 641. The van der Waals surface area contributed by atoms with E-state index in [1.54, 1.807) is 0 Å². The van der Waals surface area contributed by atoms with Gasteiger partial charge in [-0.1, -0.05) is 0 Å². The first-order valence-electron chi connectivity index (χ1n) is 6.37. The molecule has 0 amide bonds. The molecule has 0 unspecified atom stereocenters. The van der Waals surface area contributed by atoms with E-state index in [1.165, 1.54) is 17.5 Å². The van der Waals surface area contributed by atoms with Crippen molar-refractivity contribution in [2.75, 3.05) is 20.3 Å². The first kappa shape index (κ1) is 15.7. The molecule has 1 fully saturated rings. The third kappa shape index (κ3) is 3.14. The normalized spacial score (nSPS) is 15.2. The first-order chi connectivity index (χ1) is 9.91. The van der Waals surface area contributed by atoms with E-state index in [0.29, 0.717) is 0 Å². The van der Waals surface area contributed by atoms with Crippen molar-refractivity contribution < 1.29 is 23.2 Å². The van der Waals surface area contributed by atoms with Gasteiger partial charge in [-0.25, -0.2) is 8.42 Å². The summed E-state index contributed by atoms with van der Waals surface area (Å²) >= 11 is 0. The van der Waals surface area contributed by atoms with Gasteiger partial charge in [-0.05, 0) is 18.9 Å². The van der Waals surface area contributed by atoms with Crippen molar-refractivity contribution in [1.82, 2.24) is 4.31 Å². The number of hydrogen-bond donors (Lipinski definition) is 1. The highest BCUT2D eigenvalue weighted by atomic mass is 32.2. The summed E-state index contributed by atoms with van der Waals surface area (Å²) < 4.78 is 31.5. The third-order valence-corrected chi connectivity index (χ3v) is 5.21. The predicted molar refractivity (Wildman–Crippen MR) is 73.6 cm³/mol. The Hall–Kier alpha value is -1.71. The molecule has 1 aliphatic carbocycles. The van der Waals surface area contributed by atoms with E-state index in [-0.39, 0.29) is 35.5 Å². The van der Waals surface area contributed by atoms with E-state index in [1.807, 2.05) is 0 Å². The fourth-order valence-corrected chi connectivity index (χ4v) is 3.88. The Balaban J connectivity index is 2.45. The van der Waals surface area contributed by atoms with Crippen LogP contribution in [0.15, 0.2) is 23.1 Å². The number of nitrogens with zero attached hydrogens (tertiary/aromatic N) is 2. The third-order valence-electron chi connectivity index (χ3n) is 3.22. The van der Waals surface area contributed by atoms with Gasteiger partial charge in [0.1, 0.15) is 10.6 Å². The van der Waals surface area contributed by atoms with Crippen LogP contribution in [-0.4, -0.2) is 49.1 Å². The maximum absolute atomic E-state index is 12.6. The lowest BCUT2D eigenvalue weighted by molar-refractivity contribution is -0.385. The van der Waals surface area contributed by atoms with Crippen LogP contribution in [0.3, 0.4) is 0 Å². The average Bonchev–Trinajstić information content (AvgIpc) is 3.28. The number of sulfonamides is 1. The zero-order chi connectivity index (χ0) is 15.6. The Kier molecular flexibility index (Phi) is 4.45. The standard InChI is InChI=1S/C12H16N2O6S/c1-20-11-8-10(14(16)17)4-5-12(11)21(18,19)13(6-7-15)9-2-3-9/h4-5,8-9,15H,2-3,6-7H2,1H3. The van der Waals surface area contributed by atoms with Crippen molar-refractivity contribution in [1.29, 1.82) is 0 Å². The molecule has 1 saturated carbocycles. The highest BCUT2D eigenvalue weighted by Gasteiger charge is 2.39. The number of hydrogen-bond acceptors (Lipinski definition) is 6. The van der Waals surface area contributed by atoms with Crippen molar-refractivity contribution in [2.24, 2.45) is 0 Å². The minimum atomic E-state index is -3.86. The summed E-state index contributed by atoms with van der Waals surface area (Å²) in [5.41, 5.74) is -0.245. The monoisotopic (exact) mass is 316 g/mol. The topological polar surface area (TPSA) is 110 Å². The minimum Gasteiger partial charge on any atom is -0.495 e. The van der Waals surface area contributed by atoms with Crippen LogP contribution in [0.1, 0.15) is 12.8 Å². The number of benzene rings is 1. The molecule has 0 bridgehead atoms. The molecule has 2 rings (SSSR count). The van der Waals surface area contributed by atoms with Gasteiger partial charge in [0, 0.05) is 18.7 Å². The summed E-state index contributed by atoms with van der Waals surface area (Å²) in [6.45, 7) is -0.293. The van der Waals surface area contributed by atoms with Gasteiger partial charge in [-0.15, -0.1) is 0 Å². The Morgan fingerprint density at radius 1 is 1.48 bits per heavy atom. The van der Waals surface area contributed by atoms with Gasteiger partial charge in [0.15, 0.2) is 0 Å². The van der Waals surface area contributed by atoms with E-state index in [4.69, 9.17) is 9.84 Å². The van der Waals surface area contributed by atoms with Crippen LogP contribution >= 0.6 is 0 Å². The quantitative estimate of drug-likeness (QED) is 0.587. The highest BCUT2D eigenvalue weighted by Crippen LogP contribution is 2.36. The second-order valence-electron chi connectivity index (χ2n) is 4.66. The largest absolute Gasteiger partial charge is 0.495 e. The fourth-order valence-electron chi connectivity index (χ4n) is 2.07. The number of nitro groups is 1. The Labute approximate surface area is 122 Å². The molecule has 1 aromatic carbocycles. The molecule has 1 N–H and O–H groups in total. The van der Waals surface area contributed by atoms with Gasteiger partial charge in [-0.3, -0.25) is 10.1 Å². The zero-order valence-corrected chi connectivity index (χ0v) is 12.2. The van der Waals surface area contributed by atoms with Gasteiger partial charge in [0.05, 0.1) is 24.7 Å². The van der Waals surface area contributed by atoms with E-state index in [0.717, 1.165) is 25.0 Å². The smallest absolute Gasteiger partial charge is 0.273 e. The van der Waals surface area contributed by atoms with Gasteiger partial charge >= 0.3 is 0 Å². The van der Waals surface area contributed by atoms with Crippen LogP contribution in [0.25, 0.3) is 0 Å². The van der Waals surface area contributed by atoms with E-state index >= 15 is 0 Å². The van der Waals surface area contributed by atoms with Crippen LogP contribution in [0, 0.1) is 10.1 Å². The Morgan fingerprint density at radius 2 is 2.14 bits per heavy atom. The number of nitro benzene ring substituents is 1. The van der Waals surface area contributed by atoms with E-state index < -0.39 is 14.9 Å². The summed E-state index contributed by atoms with van der Waals surface area (Å²) in [6, 6.07) is 3.25. The molecule has 0 heterocycles. The molecular formula is C12H16N2O6S. The zero-order valence-electron chi connectivity index (χ0n) is 11.4. The molecule has 1 aromatic rings. The minimum absolute atomic E-state index is 0.00680. The number of rotatable bonds is 7. The summed E-state index contributed by atoms with van der Waals surface area (Å²) in [4.78, 5) is 9.99. The molecular weight excluding hydrogens is 300 g/mol. The van der Waals surface area contributed by atoms with Crippen LogP contribution in [0.2, 0.25) is 0 Å². The molecule has 116 valence electrons. The van der Waals surface area contributed by atoms with Crippen LogP contribution in [0.5, 0.6) is 5.75 Å². The Morgan fingerprint density at radius 3 is 2.62 bits per heavy atom. The van der Waals surface area contributed by atoms with Gasteiger partial charge < -0.3 is 9.84 Å². The van der Waals surface area contributed by atoms with Gasteiger partial charge in [0.25, 0.3) is 5.69 Å².